The summed E-state index contributed by atoms with van der Waals surface area (Å²) in [6, 6.07) is 1.39. The van der Waals surface area contributed by atoms with Gasteiger partial charge in [-0.15, -0.1) is 0 Å². The maximum absolute atomic E-state index is 5.41. The Labute approximate surface area is 73.9 Å². The van der Waals surface area contributed by atoms with Gasteiger partial charge in [0.1, 0.15) is 0 Å². The lowest BCUT2D eigenvalue weighted by Crippen LogP contribution is -2.38. The highest BCUT2D eigenvalue weighted by Crippen LogP contribution is 2.20. The van der Waals surface area contributed by atoms with Crippen LogP contribution in [0.25, 0.3) is 0 Å². The van der Waals surface area contributed by atoms with Crippen molar-refractivity contribution in [3.63, 3.8) is 0 Å². The molecule has 0 spiro atoms. The number of hydrogen-bond donors (Lipinski definition) is 2. The van der Waals surface area contributed by atoms with Crippen LogP contribution in [-0.2, 0) is 4.74 Å². The Balaban J connectivity index is 1.69. The van der Waals surface area contributed by atoms with E-state index < -0.39 is 0 Å². The van der Waals surface area contributed by atoms with Crippen molar-refractivity contribution in [1.29, 1.82) is 0 Å². The van der Waals surface area contributed by atoms with Crippen LogP contribution < -0.4 is 10.6 Å². The standard InChI is InChI=1S/C9H18N2O/c1-10-9-6-12-5-7(9)4-11-8-2-3-8/h7-11H,2-6H2,1H3. The van der Waals surface area contributed by atoms with Crippen LogP contribution in [0, 0.1) is 5.92 Å². The highest BCUT2D eigenvalue weighted by atomic mass is 16.5. The van der Waals surface area contributed by atoms with E-state index >= 15 is 0 Å². The van der Waals surface area contributed by atoms with Crippen LogP contribution in [0.4, 0.5) is 0 Å². The molecule has 2 unspecified atom stereocenters. The lowest BCUT2D eigenvalue weighted by Gasteiger charge is -2.16. The Bertz CT molecular complexity index is 147. The zero-order valence-corrected chi connectivity index (χ0v) is 7.68. The molecule has 2 atom stereocenters. The van der Waals surface area contributed by atoms with Crippen LogP contribution in [0.3, 0.4) is 0 Å². The van der Waals surface area contributed by atoms with E-state index in [-0.39, 0.29) is 0 Å². The second-order valence-electron chi connectivity index (χ2n) is 3.88. The average molecular weight is 170 g/mol. The highest BCUT2D eigenvalue weighted by Gasteiger charge is 2.29. The largest absolute Gasteiger partial charge is 0.379 e. The molecule has 2 fully saturated rings. The third kappa shape index (κ3) is 1.97. The Morgan fingerprint density at radius 3 is 2.83 bits per heavy atom. The molecule has 2 N–H and O–H groups in total. The molecule has 12 heavy (non-hydrogen) atoms. The number of hydrogen-bond acceptors (Lipinski definition) is 3. The summed E-state index contributed by atoms with van der Waals surface area (Å²) in [6.45, 7) is 2.93. The molecule has 0 aromatic rings. The molecule has 0 radical (unpaired) electrons. The summed E-state index contributed by atoms with van der Waals surface area (Å²) in [7, 11) is 2.02. The molecule has 1 aliphatic carbocycles. The van der Waals surface area contributed by atoms with Gasteiger partial charge < -0.3 is 15.4 Å². The molecule has 0 aromatic heterocycles. The van der Waals surface area contributed by atoms with Gasteiger partial charge in [0, 0.05) is 24.5 Å². The maximum Gasteiger partial charge on any atom is 0.0623 e. The summed E-state index contributed by atoms with van der Waals surface area (Å²) >= 11 is 0. The fraction of sp³-hybridized carbons (Fsp3) is 1.00. The van der Waals surface area contributed by atoms with Gasteiger partial charge in [0.2, 0.25) is 0 Å². The SMILES string of the molecule is CNC1COCC1CNC1CC1. The van der Waals surface area contributed by atoms with Gasteiger partial charge in [0.25, 0.3) is 0 Å². The smallest absolute Gasteiger partial charge is 0.0623 e. The Kier molecular flexibility index (Phi) is 2.63. The van der Waals surface area contributed by atoms with Crippen LogP contribution in [0.2, 0.25) is 0 Å². The zero-order valence-electron chi connectivity index (χ0n) is 7.68. The molecule has 2 aliphatic rings. The molecular formula is C9H18N2O. The molecule has 70 valence electrons. The fourth-order valence-electron chi connectivity index (χ4n) is 1.72. The van der Waals surface area contributed by atoms with Gasteiger partial charge in [-0.05, 0) is 19.9 Å². The van der Waals surface area contributed by atoms with Crippen LogP contribution in [0.5, 0.6) is 0 Å². The number of nitrogens with one attached hydrogen (secondary N) is 2. The van der Waals surface area contributed by atoms with E-state index in [1.54, 1.807) is 0 Å². The molecule has 0 aromatic carbocycles. The summed E-state index contributed by atoms with van der Waals surface area (Å²) in [4.78, 5) is 0. The first-order valence-electron chi connectivity index (χ1n) is 4.88. The average Bonchev–Trinajstić information content (AvgIpc) is 2.81. The minimum atomic E-state index is 0.566. The maximum atomic E-state index is 5.41. The van der Waals surface area contributed by atoms with E-state index in [4.69, 9.17) is 4.74 Å². The van der Waals surface area contributed by atoms with E-state index in [1.807, 2.05) is 7.05 Å². The Hall–Kier alpha value is -0.120. The lowest BCUT2D eigenvalue weighted by atomic mass is 10.0. The van der Waals surface area contributed by atoms with Crippen molar-refractivity contribution in [2.45, 2.75) is 24.9 Å². The molecule has 0 bridgehead atoms. The van der Waals surface area contributed by atoms with E-state index in [1.165, 1.54) is 12.8 Å². The van der Waals surface area contributed by atoms with Crippen molar-refractivity contribution in [3.8, 4) is 0 Å². The van der Waals surface area contributed by atoms with Gasteiger partial charge >= 0.3 is 0 Å². The van der Waals surface area contributed by atoms with Gasteiger partial charge in [-0.25, -0.2) is 0 Å². The lowest BCUT2D eigenvalue weighted by molar-refractivity contribution is 0.182. The first-order chi connectivity index (χ1) is 5.90. The number of likely N-dealkylation sites (N-methyl/N-ethyl adjacent to an activating group) is 1. The fourth-order valence-corrected chi connectivity index (χ4v) is 1.72. The van der Waals surface area contributed by atoms with Crippen molar-refractivity contribution in [2.24, 2.45) is 5.92 Å². The van der Waals surface area contributed by atoms with Gasteiger partial charge in [-0.1, -0.05) is 0 Å². The van der Waals surface area contributed by atoms with Crippen LogP contribution in [0.15, 0.2) is 0 Å². The minimum Gasteiger partial charge on any atom is -0.379 e. The summed E-state index contributed by atoms with van der Waals surface area (Å²) in [5, 5.41) is 6.84. The van der Waals surface area contributed by atoms with Gasteiger partial charge in [-0.2, -0.15) is 0 Å². The predicted octanol–water partition coefficient (Wildman–Crippen LogP) is -0.0272. The third-order valence-electron chi connectivity index (χ3n) is 2.82. The Morgan fingerprint density at radius 2 is 2.17 bits per heavy atom. The first-order valence-corrected chi connectivity index (χ1v) is 4.88. The second kappa shape index (κ2) is 3.73. The van der Waals surface area contributed by atoms with E-state index in [0.717, 1.165) is 25.8 Å². The van der Waals surface area contributed by atoms with Gasteiger partial charge in [0.15, 0.2) is 0 Å². The molecule has 3 heteroatoms. The Morgan fingerprint density at radius 1 is 1.33 bits per heavy atom. The minimum absolute atomic E-state index is 0.566. The molecule has 1 saturated carbocycles. The summed E-state index contributed by atoms with van der Waals surface area (Å²) < 4.78 is 5.41. The summed E-state index contributed by atoms with van der Waals surface area (Å²) in [5.41, 5.74) is 0. The molecule has 0 amide bonds. The van der Waals surface area contributed by atoms with E-state index in [2.05, 4.69) is 10.6 Å². The van der Waals surface area contributed by atoms with Crippen molar-refractivity contribution in [2.75, 3.05) is 26.8 Å². The summed E-state index contributed by atoms with van der Waals surface area (Å²) in [5.74, 6) is 0.676. The molecular weight excluding hydrogens is 152 g/mol. The topological polar surface area (TPSA) is 33.3 Å². The van der Waals surface area contributed by atoms with E-state index in [9.17, 15) is 0 Å². The van der Waals surface area contributed by atoms with Crippen molar-refractivity contribution >= 4 is 0 Å². The number of ether oxygens (including phenoxy) is 1. The van der Waals surface area contributed by atoms with Crippen molar-refractivity contribution in [1.82, 2.24) is 10.6 Å². The van der Waals surface area contributed by atoms with Gasteiger partial charge in [-0.3, -0.25) is 0 Å². The second-order valence-corrected chi connectivity index (χ2v) is 3.88. The monoisotopic (exact) mass is 170 g/mol. The van der Waals surface area contributed by atoms with E-state index in [0.29, 0.717) is 12.0 Å². The van der Waals surface area contributed by atoms with Crippen LogP contribution in [0.1, 0.15) is 12.8 Å². The van der Waals surface area contributed by atoms with Gasteiger partial charge in [0.05, 0.1) is 13.2 Å². The predicted molar refractivity (Wildman–Crippen MR) is 48.2 cm³/mol. The first kappa shape index (κ1) is 8.48. The normalized spacial score (nSPS) is 35.8. The highest BCUT2D eigenvalue weighted by molar-refractivity contribution is 4.86. The zero-order chi connectivity index (χ0) is 8.39. The quantitative estimate of drug-likeness (QED) is 0.622. The molecule has 1 saturated heterocycles. The molecule has 1 aliphatic heterocycles. The third-order valence-corrected chi connectivity index (χ3v) is 2.82. The summed E-state index contributed by atoms with van der Waals surface area (Å²) in [6.07, 6.45) is 2.75. The molecule has 3 nitrogen and oxygen atoms in total. The number of rotatable bonds is 4. The van der Waals surface area contributed by atoms with Crippen molar-refractivity contribution < 1.29 is 4.74 Å². The molecule has 2 rings (SSSR count). The van der Waals surface area contributed by atoms with Crippen LogP contribution in [-0.4, -0.2) is 38.9 Å². The van der Waals surface area contributed by atoms with Crippen LogP contribution >= 0.6 is 0 Å². The van der Waals surface area contributed by atoms with Crippen molar-refractivity contribution in [3.05, 3.63) is 0 Å². The molecule has 1 heterocycles.